The molecule has 0 radical (unpaired) electrons. The number of nitrogens with zero attached hydrogens (tertiary/aromatic N) is 6. The number of benzene rings is 2. The number of halogens is 2. The maximum Gasteiger partial charge on any atom is 0.329 e. The number of carbonyl (C=O) groups excluding carboxylic acids is 2. The van der Waals surface area contributed by atoms with Gasteiger partial charge in [0.05, 0.1) is 18.3 Å². The fraction of sp³-hybridized carbons (Fsp3) is 0.300. The molecule has 2 aromatic rings. The number of carbonyl (C=O) groups is 2. The van der Waals surface area contributed by atoms with Gasteiger partial charge in [0, 0.05) is 35.9 Å². The fourth-order valence-corrected chi connectivity index (χ4v) is 3.74. The van der Waals surface area contributed by atoms with E-state index in [1.807, 2.05) is 0 Å². The van der Waals surface area contributed by atoms with Gasteiger partial charge in [0.2, 0.25) is 0 Å². The van der Waals surface area contributed by atoms with Crippen molar-refractivity contribution >= 4 is 29.4 Å². The summed E-state index contributed by atoms with van der Waals surface area (Å²) in [5, 5.41) is 3.45. The molecule has 2 amide bonds. The summed E-state index contributed by atoms with van der Waals surface area (Å²) in [6.07, 6.45) is -0.822. The first-order chi connectivity index (χ1) is 15.0. The average molecular weight is 428 g/mol. The molecule has 0 N–H and O–H groups in total. The Morgan fingerprint density at radius 1 is 1.13 bits per heavy atom. The second kappa shape index (κ2) is 8.58. The van der Waals surface area contributed by atoms with E-state index in [0.29, 0.717) is 24.2 Å². The molecular formula is C20H18F2N6O3. The minimum atomic E-state index is -0.925. The third kappa shape index (κ3) is 4.00. The summed E-state index contributed by atoms with van der Waals surface area (Å²) in [6.45, 7) is 0.909. The quantitative estimate of drug-likeness (QED) is 0.304. The molecule has 31 heavy (non-hydrogen) atoms. The average Bonchev–Trinajstić information content (AvgIpc) is 3.36. The molecule has 2 atom stereocenters. The molecule has 2 aromatic carbocycles. The predicted molar refractivity (Wildman–Crippen MR) is 109 cm³/mol. The highest BCUT2D eigenvalue weighted by Crippen LogP contribution is 2.32. The zero-order valence-electron chi connectivity index (χ0n) is 16.3. The lowest BCUT2D eigenvalue weighted by molar-refractivity contribution is -0.117. The number of anilines is 3. The summed E-state index contributed by atoms with van der Waals surface area (Å²) in [7, 11) is 0. The van der Waals surface area contributed by atoms with E-state index in [-0.39, 0.29) is 25.3 Å². The molecule has 9 nitrogen and oxygen atoms in total. The molecule has 2 aliphatic heterocycles. The molecule has 2 fully saturated rings. The molecule has 0 bridgehead atoms. The van der Waals surface area contributed by atoms with Crippen LogP contribution in [-0.2, 0) is 9.53 Å². The van der Waals surface area contributed by atoms with Crippen LogP contribution < -0.4 is 14.7 Å². The van der Waals surface area contributed by atoms with Crippen LogP contribution >= 0.6 is 0 Å². The highest BCUT2D eigenvalue weighted by Gasteiger charge is 2.35. The first-order valence-electron chi connectivity index (χ1n) is 9.54. The predicted octanol–water partition coefficient (Wildman–Crippen LogP) is 3.45. The number of amides is 2. The monoisotopic (exact) mass is 428 g/mol. The molecule has 0 saturated carbocycles. The van der Waals surface area contributed by atoms with Crippen LogP contribution in [0.1, 0.15) is 0 Å². The molecule has 0 aliphatic carbocycles. The van der Waals surface area contributed by atoms with E-state index in [1.54, 1.807) is 11.0 Å². The Balaban J connectivity index is 1.52. The SMILES string of the molecule is [N-]=[N+]=NCC1CN(c2ccc(N3CCN(c4ccc(F)cc4)C3=O)c(F)c2)C(C=O)O1. The van der Waals surface area contributed by atoms with E-state index in [0.717, 1.165) is 0 Å². The molecule has 0 spiro atoms. The second-order valence-corrected chi connectivity index (χ2v) is 7.05. The molecule has 2 heterocycles. The van der Waals surface area contributed by atoms with E-state index in [4.69, 9.17) is 10.3 Å². The minimum Gasteiger partial charge on any atom is -0.346 e. The van der Waals surface area contributed by atoms with Crippen molar-refractivity contribution in [1.29, 1.82) is 0 Å². The van der Waals surface area contributed by atoms with Gasteiger partial charge in [-0.15, -0.1) is 0 Å². The van der Waals surface area contributed by atoms with Crippen molar-refractivity contribution in [2.45, 2.75) is 12.3 Å². The fourth-order valence-electron chi connectivity index (χ4n) is 3.74. The van der Waals surface area contributed by atoms with Crippen molar-refractivity contribution in [2.75, 3.05) is 40.9 Å². The van der Waals surface area contributed by atoms with Gasteiger partial charge >= 0.3 is 6.03 Å². The lowest BCUT2D eigenvalue weighted by atomic mass is 10.2. The number of urea groups is 1. The lowest BCUT2D eigenvalue weighted by Gasteiger charge is -2.23. The largest absolute Gasteiger partial charge is 0.346 e. The first-order valence-corrected chi connectivity index (χ1v) is 9.54. The Kier molecular flexibility index (Phi) is 5.70. The van der Waals surface area contributed by atoms with Gasteiger partial charge in [-0.25, -0.2) is 13.6 Å². The summed E-state index contributed by atoms with van der Waals surface area (Å²) < 4.78 is 33.6. The Bertz CT molecular complexity index is 1040. The van der Waals surface area contributed by atoms with Gasteiger partial charge in [0.1, 0.15) is 11.6 Å². The molecule has 2 unspecified atom stereocenters. The van der Waals surface area contributed by atoms with Crippen LogP contribution in [0, 0.1) is 11.6 Å². The number of azide groups is 1. The first kappa shape index (κ1) is 20.6. The number of hydrogen-bond donors (Lipinski definition) is 0. The normalized spacial score (nSPS) is 20.8. The zero-order valence-corrected chi connectivity index (χ0v) is 16.3. The van der Waals surface area contributed by atoms with Crippen molar-refractivity contribution in [1.82, 2.24) is 0 Å². The molecular weight excluding hydrogens is 410 g/mol. The molecule has 160 valence electrons. The highest BCUT2D eigenvalue weighted by atomic mass is 19.1. The van der Waals surface area contributed by atoms with Gasteiger partial charge in [-0.1, -0.05) is 5.11 Å². The Morgan fingerprint density at radius 3 is 2.52 bits per heavy atom. The molecule has 11 heteroatoms. The third-order valence-electron chi connectivity index (χ3n) is 5.21. The van der Waals surface area contributed by atoms with Gasteiger partial charge in [-0.3, -0.25) is 14.6 Å². The zero-order chi connectivity index (χ0) is 22.0. The van der Waals surface area contributed by atoms with Crippen LogP contribution in [0.3, 0.4) is 0 Å². The maximum absolute atomic E-state index is 15.0. The number of aldehydes is 1. The maximum atomic E-state index is 15.0. The van der Waals surface area contributed by atoms with Gasteiger partial charge < -0.3 is 9.64 Å². The highest BCUT2D eigenvalue weighted by molar-refractivity contribution is 6.06. The van der Waals surface area contributed by atoms with E-state index in [9.17, 15) is 18.4 Å². The van der Waals surface area contributed by atoms with Gasteiger partial charge in [-0.05, 0) is 48.0 Å². The summed E-state index contributed by atoms with van der Waals surface area (Å²) >= 11 is 0. The number of ether oxygens (including phenoxy) is 1. The van der Waals surface area contributed by atoms with E-state index < -0.39 is 30.0 Å². The number of hydrogen-bond acceptors (Lipinski definition) is 5. The minimum absolute atomic E-state index is 0.0550. The summed E-state index contributed by atoms with van der Waals surface area (Å²) in [4.78, 5) is 31.2. The lowest BCUT2D eigenvalue weighted by Crippen LogP contribution is -2.33. The summed E-state index contributed by atoms with van der Waals surface area (Å²) in [5.41, 5.74) is 9.48. The van der Waals surface area contributed by atoms with Crippen LogP contribution in [0.4, 0.5) is 30.6 Å². The molecule has 2 saturated heterocycles. The van der Waals surface area contributed by atoms with E-state index in [1.165, 1.54) is 46.2 Å². The van der Waals surface area contributed by atoms with Gasteiger partial charge in [0.15, 0.2) is 12.5 Å². The third-order valence-corrected chi connectivity index (χ3v) is 5.21. The van der Waals surface area contributed by atoms with Crippen molar-refractivity contribution in [3.63, 3.8) is 0 Å². The summed E-state index contributed by atoms with van der Waals surface area (Å²) in [5.74, 6) is -1.04. The number of rotatable bonds is 6. The Morgan fingerprint density at radius 2 is 1.84 bits per heavy atom. The van der Waals surface area contributed by atoms with Crippen molar-refractivity contribution in [3.05, 3.63) is 64.5 Å². The Labute approximate surface area is 176 Å². The van der Waals surface area contributed by atoms with Gasteiger partial charge in [-0.2, -0.15) is 0 Å². The molecule has 0 aromatic heterocycles. The van der Waals surface area contributed by atoms with Crippen LogP contribution in [0.5, 0.6) is 0 Å². The van der Waals surface area contributed by atoms with Crippen LogP contribution in [0.15, 0.2) is 47.6 Å². The molecule has 2 aliphatic rings. The summed E-state index contributed by atoms with van der Waals surface area (Å²) in [6, 6.07) is 9.41. The standard InChI is InChI=1S/C20H18F2N6O3/c21-13-1-3-14(4-2-13)26-7-8-27(20(26)30)18-6-5-15(9-17(18)22)28-11-16(10-24-25-23)31-19(28)12-29/h1-6,9,12,16,19H,7-8,10-11H2. The Hall–Kier alpha value is -3.69. The van der Waals surface area contributed by atoms with Gasteiger partial charge in [0.25, 0.3) is 0 Å². The van der Waals surface area contributed by atoms with E-state index in [2.05, 4.69) is 10.0 Å². The van der Waals surface area contributed by atoms with Crippen LogP contribution in [0.2, 0.25) is 0 Å². The second-order valence-electron chi connectivity index (χ2n) is 7.05. The van der Waals surface area contributed by atoms with Crippen molar-refractivity contribution in [2.24, 2.45) is 5.11 Å². The van der Waals surface area contributed by atoms with Crippen molar-refractivity contribution < 1.29 is 23.1 Å². The topological polar surface area (TPSA) is 102 Å². The molecule has 4 rings (SSSR count). The van der Waals surface area contributed by atoms with Crippen LogP contribution in [-0.4, -0.2) is 50.8 Å². The van der Waals surface area contributed by atoms with E-state index >= 15 is 0 Å². The van der Waals surface area contributed by atoms with Crippen LogP contribution in [0.25, 0.3) is 10.4 Å². The smallest absolute Gasteiger partial charge is 0.329 e. The van der Waals surface area contributed by atoms with Crippen molar-refractivity contribution in [3.8, 4) is 0 Å².